The molecule has 2 aromatic rings. The van der Waals surface area contributed by atoms with Gasteiger partial charge in [0.25, 0.3) is 0 Å². The summed E-state index contributed by atoms with van der Waals surface area (Å²) in [5.41, 5.74) is 8.11. The SMILES string of the molecule is CC(C)(C)[Si](C)(C)OC1CCC(c2cc(Br)c3c(N)ncnn23)CC1. The van der Waals surface area contributed by atoms with Crippen molar-refractivity contribution in [1.29, 1.82) is 0 Å². The van der Waals surface area contributed by atoms with Crippen molar-refractivity contribution in [3.8, 4) is 0 Å². The fraction of sp³-hybridized carbons (Fsp3) is 0.667. The van der Waals surface area contributed by atoms with Crippen LogP contribution in [0.4, 0.5) is 5.82 Å². The number of aromatic nitrogens is 3. The Kier molecular flexibility index (Phi) is 5.03. The van der Waals surface area contributed by atoms with Gasteiger partial charge >= 0.3 is 0 Å². The molecular formula is C18H29BrN4OSi. The summed E-state index contributed by atoms with van der Waals surface area (Å²) in [6.07, 6.45) is 6.41. The lowest BCUT2D eigenvalue weighted by Crippen LogP contribution is -2.44. The zero-order chi connectivity index (χ0) is 18.4. The first-order chi connectivity index (χ1) is 11.6. The molecule has 0 atom stereocenters. The molecule has 0 saturated heterocycles. The lowest BCUT2D eigenvalue weighted by atomic mass is 9.85. The second kappa shape index (κ2) is 6.67. The smallest absolute Gasteiger partial charge is 0.192 e. The Morgan fingerprint density at radius 3 is 2.48 bits per heavy atom. The number of rotatable bonds is 3. The molecule has 25 heavy (non-hydrogen) atoms. The van der Waals surface area contributed by atoms with Crippen LogP contribution >= 0.6 is 15.9 Å². The van der Waals surface area contributed by atoms with Crippen LogP contribution in [0.25, 0.3) is 5.52 Å². The quantitative estimate of drug-likeness (QED) is 0.693. The normalized spacial score (nSPS) is 22.5. The van der Waals surface area contributed by atoms with Crippen LogP contribution in [0.2, 0.25) is 18.1 Å². The van der Waals surface area contributed by atoms with Gasteiger partial charge in [0, 0.05) is 22.2 Å². The third kappa shape index (κ3) is 3.64. The van der Waals surface area contributed by atoms with Gasteiger partial charge in [-0.3, -0.25) is 0 Å². The Morgan fingerprint density at radius 1 is 1.24 bits per heavy atom. The van der Waals surface area contributed by atoms with Gasteiger partial charge in [-0.05, 0) is 65.8 Å². The van der Waals surface area contributed by atoms with Crippen molar-refractivity contribution in [1.82, 2.24) is 14.6 Å². The van der Waals surface area contributed by atoms with E-state index >= 15 is 0 Å². The van der Waals surface area contributed by atoms with E-state index in [4.69, 9.17) is 10.2 Å². The number of nitrogens with two attached hydrogens (primary N) is 1. The number of nitrogens with zero attached hydrogens (tertiary/aromatic N) is 3. The third-order valence-corrected chi connectivity index (χ3v) is 11.1. The molecule has 0 radical (unpaired) electrons. The summed E-state index contributed by atoms with van der Waals surface area (Å²) in [7, 11) is -1.69. The first-order valence-electron chi connectivity index (χ1n) is 9.05. The number of hydrogen-bond acceptors (Lipinski definition) is 4. The van der Waals surface area contributed by atoms with Gasteiger partial charge in [-0.2, -0.15) is 5.10 Å². The molecule has 0 unspecified atom stereocenters. The predicted octanol–water partition coefficient (Wildman–Crippen LogP) is 5.12. The molecule has 1 saturated carbocycles. The minimum absolute atomic E-state index is 0.265. The van der Waals surface area contributed by atoms with E-state index in [0.717, 1.165) is 35.7 Å². The Hall–Kier alpha value is -0.923. The summed E-state index contributed by atoms with van der Waals surface area (Å²) in [5, 5.41) is 4.68. The van der Waals surface area contributed by atoms with E-state index in [9.17, 15) is 0 Å². The lowest BCUT2D eigenvalue weighted by Gasteiger charge is -2.41. The number of halogens is 1. The van der Waals surface area contributed by atoms with E-state index < -0.39 is 8.32 Å². The highest BCUT2D eigenvalue weighted by Gasteiger charge is 2.40. The standard InChI is InChI=1S/C18H29BrN4OSi/c1-18(2,3)25(4,5)24-13-8-6-12(7-9-13)15-10-14(19)16-17(20)21-11-22-23(15)16/h10-13H,6-9H2,1-5H3,(H2,20,21,22). The molecule has 0 aliphatic heterocycles. The summed E-state index contributed by atoms with van der Waals surface area (Å²) < 4.78 is 9.54. The van der Waals surface area contributed by atoms with Crippen LogP contribution in [0.1, 0.15) is 58.1 Å². The van der Waals surface area contributed by atoms with Gasteiger partial charge in [0.2, 0.25) is 0 Å². The van der Waals surface area contributed by atoms with E-state index in [-0.39, 0.29) is 5.04 Å². The number of fused-ring (bicyclic) bond motifs is 1. The van der Waals surface area contributed by atoms with Crippen molar-refractivity contribution in [3.63, 3.8) is 0 Å². The van der Waals surface area contributed by atoms with E-state index in [1.165, 1.54) is 12.0 Å². The van der Waals surface area contributed by atoms with Crippen LogP contribution in [0.5, 0.6) is 0 Å². The van der Waals surface area contributed by atoms with Crippen molar-refractivity contribution in [2.24, 2.45) is 0 Å². The average Bonchev–Trinajstić information content (AvgIpc) is 2.85. The largest absolute Gasteiger partial charge is 0.414 e. The van der Waals surface area contributed by atoms with E-state index in [2.05, 4.69) is 65.9 Å². The first-order valence-corrected chi connectivity index (χ1v) is 12.8. The molecule has 2 heterocycles. The van der Waals surface area contributed by atoms with Gasteiger partial charge in [-0.15, -0.1) is 0 Å². The van der Waals surface area contributed by atoms with Crippen LogP contribution in [-0.4, -0.2) is 29.0 Å². The molecule has 0 bridgehead atoms. The topological polar surface area (TPSA) is 65.4 Å². The summed E-state index contributed by atoms with van der Waals surface area (Å²) in [6, 6.07) is 2.15. The molecule has 5 nitrogen and oxygen atoms in total. The summed E-state index contributed by atoms with van der Waals surface area (Å²) >= 11 is 3.61. The molecule has 2 N–H and O–H groups in total. The molecule has 0 amide bonds. The molecule has 1 aliphatic carbocycles. The zero-order valence-electron chi connectivity index (χ0n) is 15.8. The highest BCUT2D eigenvalue weighted by molar-refractivity contribution is 9.10. The molecule has 3 rings (SSSR count). The van der Waals surface area contributed by atoms with Gasteiger partial charge in [-0.25, -0.2) is 9.50 Å². The van der Waals surface area contributed by atoms with Crippen molar-refractivity contribution in [2.75, 3.05) is 5.73 Å². The number of hydrogen-bond donors (Lipinski definition) is 1. The van der Waals surface area contributed by atoms with Crippen LogP contribution in [0.3, 0.4) is 0 Å². The van der Waals surface area contributed by atoms with Gasteiger partial charge in [0.15, 0.2) is 14.1 Å². The third-order valence-electron chi connectivity index (χ3n) is 5.92. The van der Waals surface area contributed by atoms with Crippen molar-refractivity contribution >= 4 is 35.6 Å². The van der Waals surface area contributed by atoms with E-state index in [1.807, 2.05) is 4.52 Å². The fourth-order valence-corrected chi connectivity index (χ4v) is 5.43. The maximum Gasteiger partial charge on any atom is 0.192 e. The zero-order valence-corrected chi connectivity index (χ0v) is 18.4. The van der Waals surface area contributed by atoms with Gasteiger partial charge < -0.3 is 10.2 Å². The fourth-order valence-electron chi connectivity index (χ4n) is 3.41. The predicted molar refractivity (Wildman–Crippen MR) is 108 cm³/mol. The summed E-state index contributed by atoms with van der Waals surface area (Å²) in [5.74, 6) is 1.01. The molecule has 0 aromatic carbocycles. The maximum absolute atomic E-state index is 6.62. The first kappa shape index (κ1) is 18.9. The Morgan fingerprint density at radius 2 is 1.88 bits per heavy atom. The van der Waals surface area contributed by atoms with E-state index in [1.54, 1.807) is 0 Å². The maximum atomic E-state index is 6.62. The number of nitrogen functional groups attached to an aromatic ring is 1. The van der Waals surface area contributed by atoms with Crippen LogP contribution < -0.4 is 5.73 Å². The molecule has 2 aromatic heterocycles. The van der Waals surface area contributed by atoms with Crippen LogP contribution in [0, 0.1) is 0 Å². The molecule has 1 aliphatic rings. The van der Waals surface area contributed by atoms with Crippen LogP contribution in [-0.2, 0) is 4.43 Å². The van der Waals surface area contributed by atoms with Gasteiger partial charge in [0.05, 0.1) is 0 Å². The summed E-state index contributed by atoms with van der Waals surface area (Å²) in [4.78, 5) is 4.10. The Balaban J connectivity index is 1.72. The van der Waals surface area contributed by atoms with Gasteiger partial charge in [0.1, 0.15) is 11.8 Å². The summed E-state index contributed by atoms with van der Waals surface area (Å²) in [6.45, 7) is 11.6. The molecule has 138 valence electrons. The number of anilines is 1. The minimum Gasteiger partial charge on any atom is -0.414 e. The van der Waals surface area contributed by atoms with E-state index in [0.29, 0.717) is 17.8 Å². The van der Waals surface area contributed by atoms with Crippen molar-refractivity contribution in [2.45, 2.75) is 76.6 Å². The average molecular weight is 425 g/mol. The van der Waals surface area contributed by atoms with Gasteiger partial charge in [-0.1, -0.05) is 20.8 Å². The monoisotopic (exact) mass is 424 g/mol. The second-order valence-corrected chi connectivity index (χ2v) is 14.3. The highest BCUT2D eigenvalue weighted by atomic mass is 79.9. The van der Waals surface area contributed by atoms with Crippen LogP contribution in [0.15, 0.2) is 16.9 Å². The minimum atomic E-state index is -1.69. The molecular weight excluding hydrogens is 396 g/mol. The van der Waals surface area contributed by atoms with Crippen molar-refractivity contribution < 1.29 is 4.43 Å². The lowest BCUT2D eigenvalue weighted by molar-refractivity contribution is 0.129. The molecule has 0 spiro atoms. The highest BCUT2D eigenvalue weighted by Crippen LogP contribution is 2.42. The molecule has 7 heteroatoms. The second-order valence-electron chi connectivity index (χ2n) is 8.67. The van der Waals surface area contributed by atoms with Crippen molar-refractivity contribution in [3.05, 3.63) is 22.6 Å². The Bertz CT molecular complexity index is 760. The molecule has 1 fully saturated rings. The Labute approximate surface area is 159 Å².